The molecule has 0 aliphatic heterocycles. The predicted octanol–water partition coefficient (Wildman–Crippen LogP) is 3.31. The van der Waals surface area contributed by atoms with E-state index < -0.39 is 0 Å². The highest BCUT2D eigenvalue weighted by atomic mass is 16.5. The fourth-order valence-corrected chi connectivity index (χ4v) is 2.26. The molecule has 122 valence electrons. The highest BCUT2D eigenvalue weighted by Crippen LogP contribution is 2.16. The van der Waals surface area contributed by atoms with Crippen LogP contribution in [0.3, 0.4) is 0 Å². The Kier molecular flexibility index (Phi) is 5.57. The highest BCUT2D eigenvalue weighted by molar-refractivity contribution is 5.91. The molecule has 0 atom stereocenters. The van der Waals surface area contributed by atoms with Gasteiger partial charge in [0.2, 0.25) is 5.76 Å². The number of hydrogen-bond acceptors (Lipinski definition) is 4. The van der Waals surface area contributed by atoms with E-state index in [4.69, 9.17) is 9.26 Å². The van der Waals surface area contributed by atoms with E-state index in [-0.39, 0.29) is 11.7 Å². The molecule has 2 rings (SSSR count). The van der Waals surface area contributed by atoms with Gasteiger partial charge in [-0.15, -0.1) is 0 Å². The maximum Gasteiger partial charge on any atom is 0.292 e. The fraction of sp³-hybridized carbons (Fsp3) is 0.333. The van der Waals surface area contributed by atoms with Gasteiger partial charge in [-0.3, -0.25) is 4.79 Å². The molecule has 2 aromatic rings. The van der Waals surface area contributed by atoms with Crippen LogP contribution in [0.2, 0.25) is 0 Å². The van der Waals surface area contributed by atoms with Crippen LogP contribution in [0.1, 0.15) is 35.7 Å². The fourth-order valence-electron chi connectivity index (χ4n) is 2.26. The number of aromatic nitrogens is 1. The number of carbonyl (C=O) groups excluding carboxylic acids is 1. The van der Waals surface area contributed by atoms with Gasteiger partial charge >= 0.3 is 0 Å². The van der Waals surface area contributed by atoms with Gasteiger partial charge in [0.1, 0.15) is 5.75 Å². The van der Waals surface area contributed by atoms with Gasteiger partial charge in [0, 0.05) is 25.6 Å². The molecule has 23 heavy (non-hydrogen) atoms. The smallest absolute Gasteiger partial charge is 0.292 e. The average molecular weight is 314 g/mol. The van der Waals surface area contributed by atoms with Gasteiger partial charge in [0.05, 0.1) is 12.8 Å². The van der Waals surface area contributed by atoms with Crippen LogP contribution in [0.4, 0.5) is 0 Å². The van der Waals surface area contributed by atoms with Gasteiger partial charge in [0.15, 0.2) is 0 Å². The molecule has 0 radical (unpaired) electrons. The van der Waals surface area contributed by atoms with Crippen LogP contribution < -0.4 is 4.74 Å². The summed E-state index contributed by atoms with van der Waals surface area (Å²) >= 11 is 0. The second-order valence-corrected chi connectivity index (χ2v) is 5.48. The number of benzene rings is 1. The van der Waals surface area contributed by atoms with E-state index in [9.17, 15) is 4.79 Å². The number of ether oxygens (including phenoxy) is 1. The molecule has 1 aromatic heterocycles. The summed E-state index contributed by atoms with van der Waals surface area (Å²) in [5.41, 5.74) is 2.73. The zero-order valence-electron chi connectivity index (χ0n) is 13.8. The Morgan fingerprint density at radius 2 is 2.04 bits per heavy atom. The lowest BCUT2D eigenvalue weighted by Crippen LogP contribution is -2.31. The lowest BCUT2D eigenvalue weighted by atomic mass is 10.1. The van der Waals surface area contributed by atoms with Crippen LogP contribution in [0.25, 0.3) is 0 Å². The van der Waals surface area contributed by atoms with Crippen molar-refractivity contribution in [3.63, 3.8) is 0 Å². The molecule has 0 saturated carbocycles. The summed E-state index contributed by atoms with van der Waals surface area (Å²) in [4.78, 5) is 14.1. The minimum absolute atomic E-state index is 0.163. The third-order valence-electron chi connectivity index (χ3n) is 3.44. The van der Waals surface area contributed by atoms with E-state index in [0.29, 0.717) is 19.5 Å². The maximum absolute atomic E-state index is 12.4. The van der Waals surface area contributed by atoms with Gasteiger partial charge < -0.3 is 14.2 Å². The van der Waals surface area contributed by atoms with Crippen molar-refractivity contribution in [2.24, 2.45) is 0 Å². The number of likely N-dealkylation sites (N-methyl/N-ethyl adjacent to an activating group) is 1. The second-order valence-electron chi connectivity index (χ2n) is 5.48. The molecule has 0 aliphatic rings. The molecule has 0 N–H and O–H groups in total. The Balaban J connectivity index is 2.06. The highest BCUT2D eigenvalue weighted by Gasteiger charge is 2.19. The second kappa shape index (κ2) is 7.63. The zero-order chi connectivity index (χ0) is 16.8. The lowest BCUT2D eigenvalue weighted by molar-refractivity contribution is 0.0736. The Morgan fingerprint density at radius 3 is 2.61 bits per heavy atom. The van der Waals surface area contributed by atoms with E-state index in [1.54, 1.807) is 18.1 Å². The Bertz CT molecular complexity index is 674. The molecule has 1 amide bonds. The zero-order valence-corrected chi connectivity index (χ0v) is 13.8. The molecule has 0 unspecified atom stereocenters. The van der Waals surface area contributed by atoms with Gasteiger partial charge in [-0.25, -0.2) is 0 Å². The Morgan fingerprint density at radius 1 is 1.35 bits per heavy atom. The van der Waals surface area contributed by atoms with Crippen molar-refractivity contribution >= 4 is 5.91 Å². The number of nitrogens with zero attached hydrogens (tertiary/aromatic N) is 2. The van der Waals surface area contributed by atoms with E-state index in [0.717, 1.165) is 22.6 Å². The summed E-state index contributed by atoms with van der Waals surface area (Å²) in [6, 6.07) is 9.43. The Labute approximate surface area is 136 Å². The van der Waals surface area contributed by atoms with Crippen LogP contribution in [-0.4, -0.2) is 36.2 Å². The van der Waals surface area contributed by atoms with Crippen molar-refractivity contribution in [3.8, 4) is 5.75 Å². The number of carbonyl (C=O) groups is 1. The molecule has 5 nitrogen and oxygen atoms in total. The van der Waals surface area contributed by atoms with Crippen LogP contribution >= 0.6 is 0 Å². The van der Waals surface area contributed by atoms with Gasteiger partial charge in [-0.1, -0.05) is 29.4 Å². The monoisotopic (exact) mass is 314 g/mol. The molecule has 1 heterocycles. The van der Waals surface area contributed by atoms with Crippen molar-refractivity contribution < 1.29 is 14.1 Å². The largest absolute Gasteiger partial charge is 0.497 e. The number of amides is 1. The summed E-state index contributed by atoms with van der Waals surface area (Å²) in [5, 5.41) is 3.99. The molecular weight excluding hydrogens is 292 g/mol. The quantitative estimate of drug-likeness (QED) is 0.736. The number of hydrogen-bond donors (Lipinski definition) is 0. The first-order valence-corrected chi connectivity index (χ1v) is 7.55. The SMILES string of the molecule is C=C(C)CN(CC)C(=O)c1cc(Cc2ccc(OC)cc2)no1. The van der Waals surface area contributed by atoms with Crippen LogP contribution in [-0.2, 0) is 6.42 Å². The normalized spacial score (nSPS) is 10.4. The van der Waals surface area contributed by atoms with Crippen LogP contribution in [0, 0.1) is 0 Å². The molecule has 1 aromatic carbocycles. The molecule has 0 bridgehead atoms. The summed E-state index contributed by atoms with van der Waals surface area (Å²) in [7, 11) is 1.63. The van der Waals surface area contributed by atoms with Gasteiger partial charge in [-0.05, 0) is 31.5 Å². The Hall–Kier alpha value is -2.56. The topological polar surface area (TPSA) is 55.6 Å². The number of methoxy groups -OCH3 is 1. The van der Waals surface area contributed by atoms with Crippen LogP contribution in [0.5, 0.6) is 5.75 Å². The van der Waals surface area contributed by atoms with Crippen molar-refractivity contribution in [2.75, 3.05) is 20.2 Å². The van der Waals surface area contributed by atoms with Gasteiger partial charge in [0.25, 0.3) is 5.91 Å². The average Bonchev–Trinajstić information content (AvgIpc) is 3.01. The van der Waals surface area contributed by atoms with Gasteiger partial charge in [-0.2, -0.15) is 0 Å². The summed E-state index contributed by atoms with van der Waals surface area (Å²) < 4.78 is 10.3. The molecule has 0 saturated heterocycles. The van der Waals surface area contributed by atoms with Crippen molar-refractivity contribution in [3.05, 3.63) is 59.5 Å². The van der Waals surface area contributed by atoms with E-state index >= 15 is 0 Å². The van der Waals surface area contributed by atoms with E-state index in [2.05, 4.69) is 11.7 Å². The first-order valence-electron chi connectivity index (χ1n) is 7.55. The standard InChI is InChI=1S/C18H22N2O3/c1-5-20(12-13(2)3)18(21)17-11-15(19-23-17)10-14-6-8-16(22-4)9-7-14/h6-9,11H,2,5,10,12H2,1,3-4H3. The molecule has 0 spiro atoms. The summed E-state index contributed by atoms with van der Waals surface area (Å²) in [5.74, 6) is 0.906. The van der Waals surface area contributed by atoms with E-state index in [1.165, 1.54) is 0 Å². The maximum atomic E-state index is 12.4. The lowest BCUT2D eigenvalue weighted by Gasteiger charge is -2.18. The van der Waals surface area contributed by atoms with Crippen molar-refractivity contribution in [1.82, 2.24) is 10.1 Å². The minimum atomic E-state index is -0.163. The number of rotatable bonds is 7. The first kappa shape index (κ1) is 16.8. The molecule has 0 fully saturated rings. The summed E-state index contributed by atoms with van der Waals surface area (Å²) in [6.07, 6.45) is 0.605. The molecule has 5 heteroatoms. The van der Waals surface area contributed by atoms with Crippen molar-refractivity contribution in [2.45, 2.75) is 20.3 Å². The van der Waals surface area contributed by atoms with Crippen LogP contribution in [0.15, 0.2) is 47.0 Å². The third kappa shape index (κ3) is 4.45. The molecular formula is C18H22N2O3. The predicted molar refractivity (Wildman–Crippen MR) is 88.7 cm³/mol. The summed E-state index contributed by atoms with van der Waals surface area (Å²) in [6.45, 7) is 8.78. The van der Waals surface area contributed by atoms with Crippen molar-refractivity contribution in [1.29, 1.82) is 0 Å². The minimum Gasteiger partial charge on any atom is -0.497 e. The van der Waals surface area contributed by atoms with E-state index in [1.807, 2.05) is 38.1 Å². The third-order valence-corrected chi connectivity index (χ3v) is 3.44. The molecule has 0 aliphatic carbocycles. The first-order chi connectivity index (χ1) is 11.0.